The van der Waals surface area contributed by atoms with Crippen LogP contribution in [0.1, 0.15) is 12.8 Å². The molecule has 1 heterocycles. The minimum absolute atomic E-state index is 0.0409. The zero-order valence-electron chi connectivity index (χ0n) is 9.07. The molecular formula is C9H15N3O3S. The monoisotopic (exact) mass is 245 g/mol. The quantitative estimate of drug-likeness (QED) is 0.763. The van der Waals surface area contributed by atoms with Gasteiger partial charge in [-0.3, -0.25) is 0 Å². The maximum atomic E-state index is 12.2. The molecule has 1 aromatic heterocycles. The third-order valence-corrected chi connectivity index (χ3v) is 4.37. The van der Waals surface area contributed by atoms with E-state index in [1.54, 1.807) is 11.6 Å². The molecule has 0 aliphatic heterocycles. The SMILES string of the molecule is Cn1cnc(S(=O)(=O)N(CCO)C2CC2)c1. The Kier molecular flexibility index (Phi) is 3.00. The number of sulfonamides is 1. The van der Waals surface area contributed by atoms with Crippen molar-refractivity contribution in [3.8, 4) is 0 Å². The highest BCUT2D eigenvalue weighted by atomic mass is 32.2. The topological polar surface area (TPSA) is 75.4 Å². The first-order chi connectivity index (χ1) is 7.55. The van der Waals surface area contributed by atoms with Crippen LogP contribution in [-0.2, 0) is 17.1 Å². The van der Waals surface area contributed by atoms with Crippen LogP contribution in [-0.4, -0.2) is 46.6 Å². The van der Waals surface area contributed by atoms with Gasteiger partial charge >= 0.3 is 0 Å². The molecule has 1 aliphatic carbocycles. The van der Waals surface area contributed by atoms with Gasteiger partial charge in [0.05, 0.1) is 12.9 Å². The molecule has 0 atom stereocenters. The molecule has 90 valence electrons. The van der Waals surface area contributed by atoms with E-state index in [2.05, 4.69) is 4.98 Å². The highest BCUT2D eigenvalue weighted by molar-refractivity contribution is 7.89. The van der Waals surface area contributed by atoms with E-state index in [9.17, 15) is 8.42 Å². The summed E-state index contributed by atoms with van der Waals surface area (Å²) in [6.45, 7) is -0.0217. The first-order valence-electron chi connectivity index (χ1n) is 5.16. The van der Waals surface area contributed by atoms with Crippen LogP contribution in [0.3, 0.4) is 0 Å². The van der Waals surface area contributed by atoms with Crippen LogP contribution in [0.15, 0.2) is 17.6 Å². The van der Waals surface area contributed by atoms with Gasteiger partial charge in [0.25, 0.3) is 10.0 Å². The van der Waals surface area contributed by atoms with E-state index in [0.717, 1.165) is 12.8 Å². The number of aryl methyl sites for hydroxylation is 1. The summed E-state index contributed by atoms with van der Waals surface area (Å²) in [5, 5.41) is 8.95. The molecule has 0 unspecified atom stereocenters. The van der Waals surface area contributed by atoms with E-state index in [1.165, 1.54) is 16.8 Å². The standard InChI is InChI=1S/C9H15N3O3S/c1-11-6-9(10-7-11)16(14,15)12(4-5-13)8-2-3-8/h6-8,13H,2-5H2,1H3. The minimum Gasteiger partial charge on any atom is -0.395 e. The van der Waals surface area contributed by atoms with Crippen molar-refractivity contribution in [3.05, 3.63) is 12.5 Å². The number of hydrogen-bond acceptors (Lipinski definition) is 4. The van der Waals surface area contributed by atoms with Crippen LogP contribution in [0, 0.1) is 0 Å². The molecule has 1 aliphatic rings. The average molecular weight is 245 g/mol. The maximum Gasteiger partial charge on any atom is 0.262 e. The van der Waals surface area contributed by atoms with Crippen molar-refractivity contribution in [2.45, 2.75) is 23.9 Å². The lowest BCUT2D eigenvalue weighted by molar-refractivity contribution is 0.250. The first-order valence-corrected chi connectivity index (χ1v) is 6.60. The van der Waals surface area contributed by atoms with Gasteiger partial charge in [0.2, 0.25) is 0 Å². The van der Waals surface area contributed by atoms with Crippen LogP contribution in [0.2, 0.25) is 0 Å². The summed E-state index contributed by atoms with van der Waals surface area (Å²) >= 11 is 0. The zero-order chi connectivity index (χ0) is 11.8. The molecule has 0 saturated heterocycles. The van der Waals surface area contributed by atoms with Crippen molar-refractivity contribution in [1.29, 1.82) is 0 Å². The molecular weight excluding hydrogens is 230 g/mol. The van der Waals surface area contributed by atoms with Gasteiger partial charge in [0, 0.05) is 25.8 Å². The van der Waals surface area contributed by atoms with Gasteiger partial charge in [-0.15, -0.1) is 0 Å². The Morgan fingerprint density at radius 3 is 2.75 bits per heavy atom. The summed E-state index contributed by atoms with van der Waals surface area (Å²) in [5.41, 5.74) is 0. The summed E-state index contributed by atoms with van der Waals surface area (Å²) in [6.07, 6.45) is 4.66. The molecule has 0 aromatic carbocycles. The van der Waals surface area contributed by atoms with E-state index in [-0.39, 0.29) is 24.2 Å². The van der Waals surface area contributed by atoms with Gasteiger partial charge in [-0.05, 0) is 12.8 Å². The molecule has 1 aromatic rings. The number of rotatable bonds is 5. The van der Waals surface area contributed by atoms with Crippen molar-refractivity contribution in [2.24, 2.45) is 7.05 Å². The number of aromatic nitrogens is 2. The minimum atomic E-state index is -3.54. The third-order valence-electron chi connectivity index (χ3n) is 2.53. The van der Waals surface area contributed by atoms with Crippen molar-refractivity contribution >= 4 is 10.0 Å². The fraction of sp³-hybridized carbons (Fsp3) is 0.667. The Morgan fingerprint density at radius 1 is 1.62 bits per heavy atom. The van der Waals surface area contributed by atoms with Crippen molar-refractivity contribution in [3.63, 3.8) is 0 Å². The zero-order valence-corrected chi connectivity index (χ0v) is 9.89. The van der Waals surface area contributed by atoms with Crippen LogP contribution in [0.4, 0.5) is 0 Å². The van der Waals surface area contributed by atoms with E-state index >= 15 is 0 Å². The number of aliphatic hydroxyl groups is 1. The highest BCUT2D eigenvalue weighted by Gasteiger charge is 2.38. The van der Waals surface area contributed by atoms with Gasteiger partial charge in [-0.2, -0.15) is 4.31 Å². The van der Waals surface area contributed by atoms with Crippen molar-refractivity contribution in [1.82, 2.24) is 13.9 Å². The number of hydrogen-bond donors (Lipinski definition) is 1. The lowest BCUT2D eigenvalue weighted by Crippen LogP contribution is -2.35. The molecule has 0 bridgehead atoms. The second-order valence-corrected chi connectivity index (χ2v) is 5.79. The average Bonchev–Trinajstić information content (AvgIpc) is 2.96. The second kappa shape index (κ2) is 4.15. The predicted molar refractivity (Wildman–Crippen MR) is 57.2 cm³/mol. The molecule has 0 amide bonds. The Labute approximate surface area is 94.6 Å². The Balaban J connectivity index is 2.28. The molecule has 0 spiro atoms. The third kappa shape index (κ3) is 2.11. The summed E-state index contributed by atoms with van der Waals surface area (Å²) in [7, 11) is -1.82. The number of nitrogens with zero attached hydrogens (tertiary/aromatic N) is 3. The van der Waals surface area contributed by atoms with E-state index in [1.807, 2.05) is 0 Å². The largest absolute Gasteiger partial charge is 0.395 e. The second-order valence-electron chi connectivity index (χ2n) is 3.95. The maximum absolute atomic E-state index is 12.2. The summed E-state index contributed by atoms with van der Waals surface area (Å²) in [4.78, 5) is 3.85. The smallest absolute Gasteiger partial charge is 0.262 e. The fourth-order valence-corrected chi connectivity index (χ4v) is 3.25. The predicted octanol–water partition coefficient (Wildman–Crippen LogP) is -0.435. The van der Waals surface area contributed by atoms with E-state index in [0.29, 0.717) is 0 Å². The number of imidazole rings is 1. The molecule has 6 nitrogen and oxygen atoms in total. The summed E-state index contributed by atoms with van der Waals surface area (Å²) in [5.74, 6) is 0. The van der Waals surface area contributed by atoms with Gasteiger partial charge < -0.3 is 9.67 Å². The van der Waals surface area contributed by atoms with Crippen LogP contribution in [0.25, 0.3) is 0 Å². The van der Waals surface area contributed by atoms with Gasteiger partial charge in [-0.1, -0.05) is 0 Å². The van der Waals surface area contributed by atoms with Gasteiger partial charge in [-0.25, -0.2) is 13.4 Å². The van der Waals surface area contributed by atoms with Crippen LogP contribution >= 0.6 is 0 Å². The first kappa shape index (κ1) is 11.6. The molecule has 1 saturated carbocycles. The Hall–Kier alpha value is -0.920. The molecule has 7 heteroatoms. The van der Waals surface area contributed by atoms with Crippen LogP contribution < -0.4 is 0 Å². The normalized spacial score (nSPS) is 16.9. The summed E-state index contributed by atoms with van der Waals surface area (Å²) in [6, 6.07) is 0.0409. The fourth-order valence-electron chi connectivity index (χ4n) is 1.60. The molecule has 0 radical (unpaired) electrons. The molecule has 1 fully saturated rings. The Bertz CT molecular complexity index is 464. The molecule has 1 N–H and O–H groups in total. The number of aliphatic hydroxyl groups excluding tert-OH is 1. The lowest BCUT2D eigenvalue weighted by atomic mass is 10.6. The van der Waals surface area contributed by atoms with Gasteiger partial charge in [0.15, 0.2) is 5.03 Å². The molecule has 16 heavy (non-hydrogen) atoms. The van der Waals surface area contributed by atoms with Crippen molar-refractivity contribution < 1.29 is 13.5 Å². The lowest BCUT2D eigenvalue weighted by Gasteiger charge is -2.19. The summed E-state index contributed by atoms with van der Waals surface area (Å²) < 4.78 is 27.2. The highest BCUT2D eigenvalue weighted by Crippen LogP contribution is 2.31. The molecule has 2 rings (SSSR count). The Morgan fingerprint density at radius 2 is 2.31 bits per heavy atom. The van der Waals surface area contributed by atoms with Crippen LogP contribution in [0.5, 0.6) is 0 Å². The van der Waals surface area contributed by atoms with E-state index < -0.39 is 10.0 Å². The van der Waals surface area contributed by atoms with Crippen molar-refractivity contribution in [2.75, 3.05) is 13.2 Å². The van der Waals surface area contributed by atoms with Gasteiger partial charge in [0.1, 0.15) is 0 Å². The van der Waals surface area contributed by atoms with E-state index in [4.69, 9.17) is 5.11 Å².